The molecule has 0 heterocycles. The van der Waals surface area contributed by atoms with Gasteiger partial charge in [-0.2, -0.15) is 0 Å². The van der Waals surface area contributed by atoms with Gasteiger partial charge in [0.2, 0.25) is 0 Å². The van der Waals surface area contributed by atoms with Gasteiger partial charge in [0.1, 0.15) is 5.82 Å². The van der Waals surface area contributed by atoms with E-state index in [-0.39, 0.29) is 16.7 Å². The van der Waals surface area contributed by atoms with Crippen LogP contribution in [0.4, 0.5) is 4.39 Å². The van der Waals surface area contributed by atoms with Crippen LogP contribution in [0.3, 0.4) is 0 Å². The minimum absolute atomic E-state index is 0.0236. The van der Waals surface area contributed by atoms with Gasteiger partial charge in [0, 0.05) is 11.5 Å². The first kappa shape index (κ1) is 8.70. The van der Waals surface area contributed by atoms with Crippen molar-refractivity contribution >= 4 is 17.4 Å². The molecule has 1 nitrogen and oxygen atoms in total. The van der Waals surface area contributed by atoms with E-state index in [2.05, 4.69) is 0 Å². The highest BCUT2D eigenvalue weighted by molar-refractivity contribution is 6.34. The molecule has 13 heavy (non-hydrogen) atoms. The van der Waals surface area contributed by atoms with Crippen molar-refractivity contribution in [3.63, 3.8) is 0 Å². The molecule has 1 aliphatic rings. The van der Waals surface area contributed by atoms with Crippen molar-refractivity contribution < 1.29 is 9.18 Å². The van der Waals surface area contributed by atoms with E-state index in [1.807, 2.05) is 0 Å². The van der Waals surface area contributed by atoms with Crippen molar-refractivity contribution in [3.8, 4) is 0 Å². The van der Waals surface area contributed by atoms with Gasteiger partial charge in [-0.3, -0.25) is 4.79 Å². The molecule has 3 heteroatoms. The Morgan fingerprint density at radius 1 is 1.46 bits per heavy atom. The summed E-state index contributed by atoms with van der Waals surface area (Å²) in [7, 11) is 0. The fraction of sp³-hybridized carbons (Fsp3) is 0.300. The highest BCUT2D eigenvalue weighted by Crippen LogP contribution is 2.34. The lowest BCUT2D eigenvalue weighted by atomic mass is 10.1. The van der Waals surface area contributed by atoms with Crippen LogP contribution in [-0.2, 0) is 0 Å². The second-order valence-electron chi connectivity index (χ2n) is 3.24. The van der Waals surface area contributed by atoms with Crippen LogP contribution in [0.15, 0.2) is 18.2 Å². The molecule has 0 spiro atoms. The summed E-state index contributed by atoms with van der Waals surface area (Å²) in [6.07, 6.45) is 1.82. The molecule has 0 bridgehead atoms. The number of ketones is 1. The Kier molecular flexibility index (Phi) is 2.08. The number of Topliss-reactive ketones (excluding diaryl/α,β-unsaturated/α-hetero) is 1. The summed E-state index contributed by atoms with van der Waals surface area (Å²) < 4.78 is 12.9. The third kappa shape index (κ3) is 1.59. The summed E-state index contributed by atoms with van der Waals surface area (Å²) in [5, 5.41) is -0.0422. The van der Waals surface area contributed by atoms with Crippen molar-refractivity contribution in [3.05, 3.63) is 34.6 Å². The van der Waals surface area contributed by atoms with Gasteiger partial charge in [-0.25, -0.2) is 4.39 Å². The Morgan fingerprint density at radius 3 is 2.77 bits per heavy atom. The number of benzene rings is 1. The maximum Gasteiger partial charge on any atom is 0.167 e. The smallest absolute Gasteiger partial charge is 0.167 e. The molecule has 1 fully saturated rings. The minimum atomic E-state index is -0.520. The zero-order valence-electron chi connectivity index (χ0n) is 6.89. The number of hydrogen-bond acceptors (Lipinski definition) is 1. The van der Waals surface area contributed by atoms with E-state index < -0.39 is 5.82 Å². The zero-order chi connectivity index (χ0) is 9.42. The van der Waals surface area contributed by atoms with E-state index in [1.54, 1.807) is 6.07 Å². The van der Waals surface area contributed by atoms with E-state index in [0.717, 1.165) is 12.8 Å². The van der Waals surface area contributed by atoms with Crippen LogP contribution >= 0.6 is 11.6 Å². The molecule has 0 N–H and O–H groups in total. The van der Waals surface area contributed by atoms with Gasteiger partial charge in [0.05, 0.1) is 5.02 Å². The van der Waals surface area contributed by atoms with Crippen molar-refractivity contribution in [2.75, 3.05) is 0 Å². The van der Waals surface area contributed by atoms with Gasteiger partial charge < -0.3 is 0 Å². The standard InChI is InChI=1S/C10H8ClFO/c11-9-7(2-1-3-8(9)12)10(13)6-4-5-6/h1-3,6H,4-5H2. The van der Waals surface area contributed by atoms with E-state index in [4.69, 9.17) is 11.6 Å². The molecule has 2 rings (SSSR count). The van der Waals surface area contributed by atoms with E-state index in [9.17, 15) is 9.18 Å². The molecule has 1 saturated carbocycles. The van der Waals surface area contributed by atoms with Crippen molar-refractivity contribution in [1.82, 2.24) is 0 Å². The second-order valence-corrected chi connectivity index (χ2v) is 3.62. The first-order valence-corrected chi connectivity index (χ1v) is 4.56. The fourth-order valence-corrected chi connectivity index (χ4v) is 1.48. The third-order valence-electron chi connectivity index (χ3n) is 2.17. The highest BCUT2D eigenvalue weighted by atomic mass is 35.5. The molecule has 68 valence electrons. The highest BCUT2D eigenvalue weighted by Gasteiger charge is 2.31. The molecule has 0 radical (unpaired) electrons. The Labute approximate surface area is 80.5 Å². The predicted octanol–water partition coefficient (Wildman–Crippen LogP) is 3.07. The topological polar surface area (TPSA) is 17.1 Å². The number of hydrogen-bond donors (Lipinski definition) is 0. The summed E-state index contributed by atoms with van der Waals surface area (Å²) in [5.74, 6) is -0.461. The van der Waals surface area contributed by atoms with Crippen LogP contribution in [0.2, 0.25) is 5.02 Å². The maximum absolute atomic E-state index is 12.9. The first-order valence-electron chi connectivity index (χ1n) is 4.18. The number of rotatable bonds is 2. The molecule has 1 aliphatic carbocycles. The lowest BCUT2D eigenvalue weighted by Gasteiger charge is -2.01. The Morgan fingerprint density at radius 2 is 2.15 bits per heavy atom. The average molecular weight is 199 g/mol. The van der Waals surface area contributed by atoms with E-state index in [0.29, 0.717) is 5.56 Å². The van der Waals surface area contributed by atoms with Crippen LogP contribution in [0.5, 0.6) is 0 Å². The summed E-state index contributed by atoms with van der Waals surface area (Å²) in [6, 6.07) is 4.34. The van der Waals surface area contributed by atoms with Gasteiger partial charge in [-0.1, -0.05) is 17.7 Å². The van der Waals surface area contributed by atoms with E-state index in [1.165, 1.54) is 12.1 Å². The van der Waals surface area contributed by atoms with Crippen LogP contribution in [0.25, 0.3) is 0 Å². The zero-order valence-corrected chi connectivity index (χ0v) is 7.64. The summed E-state index contributed by atoms with van der Waals surface area (Å²) >= 11 is 5.66. The molecule has 0 amide bonds. The van der Waals surface area contributed by atoms with Crippen LogP contribution in [0.1, 0.15) is 23.2 Å². The summed E-state index contributed by atoms with van der Waals surface area (Å²) in [4.78, 5) is 11.5. The van der Waals surface area contributed by atoms with Crippen LogP contribution in [-0.4, -0.2) is 5.78 Å². The SMILES string of the molecule is O=C(c1cccc(F)c1Cl)C1CC1. The molecular formula is C10H8ClFO. The predicted molar refractivity (Wildman–Crippen MR) is 48.5 cm³/mol. The van der Waals surface area contributed by atoms with Crippen molar-refractivity contribution in [2.45, 2.75) is 12.8 Å². The maximum atomic E-state index is 12.9. The second kappa shape index (κ2) is 3.11. The summed E-state index contributed by atoms with van der Waals surface area (Å²) in [5.41, 5.74) is 0.323. The molecule has 0 saturated heterocycles. The minimum Gasteiger partial charge on any atom is -0.294 e. The van der Waals surface area contributed by atoms with Gasteiger partial charge in [0.25, 0.3) is 0 Å². The lowest BCUT2D eigenvalue weighted by Crippen LogP contribution is -2.02. The average Bonchev–Trinajstić information content (AvgIpc) is 2.91. The quantitative estimate of drug-likeness (QED) is 0.668. The largest absolute Gasteiger partial charge is 0.294 e. The molecular weight excluding hydrogens is 191 g/mol. The Hall–Kier alpha value is -0.890. The third-order valence-corrected chi connectivity index (χ3v) is 2.55. The van der Waals surface area contributed by atoms with Gasteiger partial charge >= 0.3 is 0 Å². The molecule has 1 aromatic rings. The number of halogens is 2. The Balaban J connectivity index is 2.38. The van der Waals surface area contributed by atoms with Crippen molar-refractivity contribution in [2.24, 2.45) is 5.92 Å². The van der Waals surface area contributed by atoms with Gasteiger partial charge in [-0.05, 0) is 25.0 Å². The van der Waals surface area contributed by atoms with Crippen LogP contribution < -0.4 is 0 Å². The van der Waals surface area contributed by atoms with Gasteiger partial charge in [-0.15, -0.1) is 0 Å². The Bertz CT molecular complexity index is 358. The van der Waals surface area contributed by atoms with Gasteiger partial charge in [0.15, 0.2) is 5.78 Å². The normalized spacial score (nSPS) is 15.8. The summed E-state index contributed by atoms with van der Waals surface area (Å²) in [6.45, 7) is 0. The lowest BCUT2D eigenvalue weighted by molar-refractivity contribution is 0.0967. The number of carbonyl (C=O) groups excluding carboxylic acids is 1. The van der Waals surface area contributed by atoms with E-state index >= 15 is 0 Å². The molecule has 0 atom stereocenters. The fourth-order valence-electron chi connectivity index (χ4n) is 1.26. The molecule has 0 aliphatic heterocycles. The monoisotopic (exact) mass is 198 g/mol. The van der Waals surface area contributed by atoms with Crippen LogP contribution in [0, 0.1) is 11.7 Å². The molecule has 0 aromatic heterocycles. The molecule has 1 aromatic carbocycles. The number of carbonyl (C=O) groups is 1. The molecule has 0 unspecified atom stereocenters. The van der Waals surface area contributed by atoms with Crippen molar-refractivity contribution in [1.29, 1.82) is 0 Å². The first-order chi connectivity index (χ1) is 6.20.